The number of esters is 1. The smallest absolute Gasteiger partial charge is 0.336 e. The van der Waals surface area contributed by atoms with Gasteiger partial charge in [-0.3, -0.25) is 14.6 Å². The summed E-state index contributed by atoms with van der Waals surface area (Å²) in [7, 11) is 1.32. The third-order valence-corrected chi connectivity index (χ3v) is 3.70. The van der Waals surface area contributed by atoms with Crippen molar-refractivity contribution in [2.24, 2.45) is 0 Å². The lowest BCUT2D eigenvalue weighted by Gasteiger charge is -2.32. The highest BCUT2D eigenvalue weighted by molar-refractivity contribution is 6.06. The monoisotopic (exact) mass is 299 g/mol. The second-order valence-corrected chi connectivity index (χ2v) is 5.70. The van der Waals surface area contributed by atoms with Crippen LogP contribution in [0.2, 0.25) is 0 Å². The van der Waals surface area contributed by atoms with Gasteiger partial charge in [0.15, 0.2) is 6.10 Å². The van der Waals surface area contributed by atoms with E-state index in [1.165, 1.54) is 12.0 Å². The zero-order valence-electron chi connectivity index (χ0n) is 12.5. The van der Waals surface area contributed by atoms with Crippen molar-refractivity contribution in [3.63, 3.8) is 0 Å². The molecular weight excluding hydrogens is 278 g/mol. The van der Waals surface area contributed by atoms with Gasteiger partial charge in [0.1, 0.15) is 5.54 Å². The summed E-state index contributed by atoms with van der Waals surface area (Å²) in [5, 5.41) is 2.64. The average Bonchev–Trinajstić information content (AvgIpc) is 2.65. The number of hydrogen-bond donors (Lipinski definition) is 1. The molecule has 0 spiro atoms. The fraction of sp³-hybridized carbons (Fsp3) is 0.769. The van der Waals surface area contributed by atoms with Crippen LogP contribution in [-0.4, -0.2) is 79.2 Å². The number of ether oxygens (including phenoxy) is 2. The zero-order valence-corrected chi connectivity index (χ0v) is 12.5. The van der Waals surface area contributed by atoms with Crippen molar-refractivity contribution >= 4 is 17.9 Å². The molecule has 1 unspecified atom stereocenters. The zero-order chi connectivity index (χ0) is 15.6. The molecule has 0 bridgehead atoms. The van der Waals surface area contributed by atoms with Crippen molar-refractivity contribution in [1.82, 2.24) is 15.1 Å². The standard InChI is InChI=1S/C13H21N3O5/c1-13(2)11(18)16(12(19)14-13)5-4-15-6-7-21-9(8-15)10(17)20-3/h9H,4-8H2,1-3H3,(H,14,19). The summed E-state index contributed by atoms with van der Waals surface area (Å²) in [5.74, 6) is -0.638. The van der Waals surface area contributed by atoms with Crippen LogP contribution in [-0.2, 0) is 19.1 Å². The summed E-state index contributed by atoms with van der Waals surface area (Å²) in [6, 6.07) is -0.372. The number of rotatable bonds is 4. The maximum Gasteiger partial charge on any atom is 0.336 e. The fourth-order valence-corrected chi connectivity index (χ4v) is 2.44. The number of urea groups is 1. The van der Waals surface area contributed by atoms with Crippen LogP contribution in [0.4, 0.5) is 4.79 Å². The molecule has 8 heteroatoms. The summed E-state index contributed by atoms with van der Waals surface area (Å²) < 4.78 is 9.99. The SMILES string of the molecule is COC(=O)C1CN(CCN2C(=O)NC(C)(C)C2=O)CCO1. The van der Waals surface area contributed by atoms with E-state index in [1.54, 1.807) is 13.8 Å². The molecule has 1 atom stereocenters. The predicted octanol–water partition coefficient (Wildman–Crippen LogP) is -0.809. The Balaban J connectivity index is 1.87. The summed E-state index contributed by atoms with van der Waals surface area (Å²) in [6.07, 6.45) is -0.608. The molecule has 0 aromatic heterocycles. The second-order valence-electron chi connectivity index (χ2n) is 5.70. The molecule has 0 radical (unpaired) electrons. The first-order valence-electron chi connectivity index (χ1n) is 6.91. The number of methoxy groups -OCH3 is 1. The fourth-order valence-electron chi connectivity index (χ4n) is 2.44. The third kappa shape index (κ3) is 3.33. The Morgan fingerprint density at radius 3 is 2.71 bits per heavy atom. The van der Waals surface area contributed by atoms with Gasteiger partial charge in [0.25, 0.3) is 5.91 Å². The Kier molecular flexibility index (Phi) is 4.48. The van der Waals surface area contributed by atoms with Gasteiger partial charge in [-0.2, -0.15) is 0 Å². The van der Waals surface area contributed by atoms with Crippen molar-refractivity contribution in [2.75, 3.05) is 39.9 Å². The van der Waals surface area contributed by atoms with E-state index >= 15 is 0 Å². The lowest BCUT2D eigenvalue weighted by Crippen LogP contribution is -2.49. The highest BCUT2D eigenvalue weighted by Gasteiger charge is 2.44. The third-order valence-electron chi connectivity index (χ3n) is 3.70. The van der Waals surface area contributed by atoms with E-state index in [9.17, 15) is 14.4 Å². The first-order valence-corrected chi connectivity index (χ1v) is 6.91. The minimum atomic E-state index is -0.851. The number of hydrogen-bond acceptors (Lipinski definition) is 6. The van der Waals surface area contributed by atoms with Crippen LogP contribution in [0.15, 0.2) is 0 Å². The molecule has 21 heavy (non-hydrogen) atoms. The Morgan fingerprint density at radius 1 is 1.43 bits per heavy atom. The number of imide groups is 1. The molecule has 2 saturated heterocycles. The molecule has 3 amide bonds. The van der Waals surface area contributed by atoms with Crippen molar-refractivity contribution in [2.45, 2.75) is 25.5 Å². The molecule has 0 aliphatic carbocycles. The molecule has 2 fully saturated rings. The van der Waals surface area contributed by atoms with Crippen LogP contribution < -0.4 is 5.32 Å². The quantitative estimate of drug-likeness (QED) is 0.539. The van der Waals surface area contributed by atoms with E-state index in [4.69, 9.17) is 4.74 Å². The van der Waals surface area contributed by atoms with Gasteiger partial charge < -0.3 is 14.8 Å². The number of carbonyl (C=O) groups excluding carboxylic acids is 3. The van der Waals surface area contributed by atoms with Gasteiger partial charge in [-0.05, 0) is 13.8 Å². The van der Waals surface area contributed by atoms with E-state index in [0.717, 1.165) is 0 Å². The van der Waals surface area contributed by atoms with Crippen LogP contribution in [0.5, 0.6) is 0 Å². The first-order chi connectivity index (χ1) is 9.85. The van der Waals surface area contributed by atoms with Gasteiger partial charge in [-0.15, -0.1) is 0 Å². The summed E-state index contributed by atoms with van der Waals surface area (Å²) in [6.45, 7) is 5.63. The Hall–Kier alpha value is -1.67. The highest BCUT2D eigenvalue weighted by Crippen LogP contribution is 2.16. The number of carbonyl (C=O) groups is 3. The molecule has 0 saturated carbocycles. The van der Waals surface area contributed by atoms with Gasteiger partial charge in [0.2, 0.25) is 0 Å². The minimum Gasteiger partial charge on any atom is -0.467 e. The summed E-state index contributed by atoms with van der Waals surface area (Å²) in [4.78, 5) is 38.5. The Bertz CT molecular complexity index is 451. The first kappa shape index (κ1) is 15.7. The van der Waals surface area contributed by atoms with Gasteiger partial charge in [0.05, 0.1) is 13.7 Å². The summed E-state index contributed by atoms with van der Waals surface area (Å²) in [5.41, 5.74) is -0.851. The molecule has 118 valence electrons. The van der Waals surface area contributed by atoms with Crippen molar-refractivity contribution < 1.29 is 23.9 Å². The van der Waals surface area contributed by atoms with E-state index in [2.05, 4.69) is 10.1 Å². The number of nitrogens with zero attached hydrogens (tertiary/aromatic N) is 2. The largest absolute Gasteiger partial charge is 0.467 e. The van der Waals surface area contributed by atoms with E-state index in [-0.39, 0.29) is 11.9 Å². The minimum absolute atomic E-state index is 0.231. The van der Waals surface area contributed by atoms with Crippen LogP contribution >= 0.6 is 0 Å². The number of amides is 3. The Morgan fingerprint density at radius 2 is 2.14 bits per heavy atom. The van der Waals surface area contributed by atoms with Crippen LogP contribution in [0, 0.1) is 0 Å². The summed E-state index contributed by atoms with van der Waals surface area (Å²) >= 11 is 0. The maximum absolute atomic E-state index is 12.1. The molecule has 2 aliphatic heterocycles. The van der Waals surface area contributed by atoms with Gasteiger partial charge >= 0.3 is 12.0 Å². The average molecular weight is 299 g/mol. The molecule has 0 aromatic rings. The van der Waals surface area contributed by atoms with Crippen molar-refractivity contribution in [3.05, 3.63) is 0 Å². The lowest BCUT2D eigenvalue weighted by atomic mass is 10.1. The maximum atomic E-state index is 12.1. The number of morpholine rings is 1. The second kappa shape index (κ2) is 5.98. The van der Waals surface area contributed by atoms with Crippen molar-refractivity contribution in [1.29, 1.82) is 0 Å². The normalized spacial score (nSPS) is 25.9. The van der Waals surface area contributed by atoms with Gasteiger partial charge in [-0.25, -0.2) is 9.59 Å². The predicted molar refractivity (Wildman–Crippen MR) is 72.5 cm³/mol. The van der Waals surface area contributed by atoms with E-state index in [1.807, 2.05) is 4.90 Å². The molecule has 1 N–H and O–H groups in total. The van der Waals surface area contributed by atoms with Crippen LogP contribution in [0.25, 0.3) is 0 Å². The van der Waals surface area contributed by atoms with Crippen LogP contribution in [0.3, 0.4) is 0 Å². The molecular formula is C13H21N3O5. The van der Waals surface area contributed by atoms with Gasteiger partial charge in [-0.1, -0.05) is 0 Å². The molecule has 0 aromatic carbocycles. The topological polar surface area (TPSA) is 88.2 Å². The van der Waals surface area contributed by atoms with Crippen molar-refractivity contribution in [3.8, 4) is 0 Å². The Labute approximate surface area is 123 Å². The van der Waals surface area contributed by atoms with Crippen LogP contribution in [0.1, 0.15) is 13.8 Å². The molecule has 2 rings (SSSR count). The molecule has 2 aliphatic rings. The highest BCUT2D eigenvalue weighted by atomic mass is 16.6. The lowest BCUT2D eigenvalue weighted by molar-refractivity contribution is -0.159. The molecule has 2 heterocycles. The number of nitrogens with one attached hydrogen (secondary N) is 1. The van der Waals surface area contributed by atoms with Gasteiger partial charge in [0, 0.05) is 26.2 Å². The molecule has 8 nitrogen and oxygen atoms in total. The van der Waals surface area contributed by atoms with E-state index in [0.29, 0.717) is 32.8 Å². The van der Waals surface area contributed by atoms with E-state index < -0.39 is 17.6 Å².